The lowest BCUT2D eigenvalue weighted by molar-refractivity contribution is -0.123. The number of rotatable bonds is 7. The molecule has 0 spiro atoms. The third kappa shape index (κ3) is 5.83. The van der Waals surface area contributed by atoms with Crippen LogP contribution in [-0.4, -0.2) is 48.2 Å². The van der Waals surface area contributed by atoms with Gasteiger partial charge < -0.3 is 11.1 Å². The van der Waals surface area contributed by atoms with E-state index in [-0.39, 0.29) is 43.0 Å². The average molecular weight is 317 g/mol. The van der Waals surface area contributed by atoms with Gasteiger partial charge in [0, 0.05) is 37.5 Å². The maximum Gasteiger partial charge on any atom is 0.231 e. The number of piperidine rings is 1. The zero-order valence-corrected chi connectivity index (χ0v) is 13.2. The Morgan fingerprint density at radius 2 is 1.74 bits per heavy atom. The van der Waals surface area contributed by atoms with E-state index in [4.69, 9.17) is 5.73 Å². The van der Waals surface area contributed by atoms with E-state index in [1.165, 1.54) is 0 Å². The molecule has 0 aliphatic carbocycles. The fourth-order valence-corrected chi connectivity index (χ4v) is 2.75. The number of nitrogens with two attached hydrogens (primary N) is 1. The van der Waals surface area contributed by atoms with E-state index in [0.29, 0.717) is 5.56 Å². The smallest absolute Gasteiger partial charge is 0.231 e. The van der Waals surface area contributed by atoms with E-state index in [2.05, 4.69) is 5.32 Å². The number of carbonyl (C=O) groups is 3. The molecule has 2 rings (SSSR count). The van der Waals surface area contributed by atoms with Crippen LogP contribution in [0.5, 0.6) is 0 Å². The topological polar surface area (TPSA) is 92.5 Å². The summed E-state index contributed by atoms with van der Waals surface area (Å²) in [7, 11) is 0. The number of nitrogens with one attached hydrogen (secondary N) is 1. The minimum atomic E-state index is -0.327. The van der Waals surface area contributed by atoms with Crippen LogP contribution in [0.3, 0.4) is 0 Å². The molecule has 0 saturated carbocycles. The van der Waals surface area contributed by atoms with Gasteiger partial charge in [-0.1, -0.05) is 30.3 Å². The van der Waals surface area contributed by atoms with Gasteiger partial charge in [-0.15, -0.1) is 0 Å². The van der Waals surface area contributed by atoms with Crippen LogP contribution in [0.15, 0.2) is 30.3 Å². The summed E-state index contributed by atoms with van der Waals surface area (Å²) in [6.07, 6.45) is 2.02. The Hall–Kier alpha value is -2.21. The van der Waals surface area contributed by atoms with E-state index in [9.17, 15) is 14.4 Å². The van der Waals surface area contributed by atoms with Crippen molar-refractivity contribution in [3.8, 4) is 0 Å². The lowest BCUT2D eigenvalue weighted by Crippen LogP contribution is -2.46. The average Bonchev–Trinajstić information content (AvgIpc) is 2.55. The van der Waals surface area contributed by atoms with Crippen molar-refractivity contribution in [2.45, 2.75) is 31.7 Å². The van der Waals surface area contributed by atoms with Crippen molar-refractivity contribution in [3.63, 3.8) is 0 Å². The Balaban J connectivity index is 1.68. The summed E-state index contributed by atoms with van der Waals surface area (Å²) in [5.41, 5.74) is 5.81. The SMILES string of the molecule is NC(=O)CN1CCC(NC(=O)CCC(=O)c2ccccc2)CC1. The molecular formula is C17H23N3O3. The highest BCUT2D eigenvalue weighted by Gasteiger charge is 2.21. The lowest BCUT2D eigenvalue weighted by Gasteiger charge is -2.31. The van der Waals surface area contributed by atoms with Crippen molar-refractivity contribution in [2.24, 2.45) is 5.73 Å². The number of likely N-dealkylation sites (tertiary alicyclic amines) is 1. The molecule has 2 amide bonds. The normalized spacial score (nSPS) is 16.0. The van der Waals surface area contributed by atoms with Crippen LogP contribution in [0.1, 0.15) is 36.0 Å². The Morgan fingerprint density at radius 1 is 1.09 bits per heavy atom. The minimum Gasteiger partial charge on any atom is -0.369 e. The summed E-state index contributed by atoms with van der Waals surface area (Å²) >= 11 is 0. The molecule has 1 aliphatic rings. The molecular weight excluding hydrogens is 294 g/mol. The second-order valence-electron chi connectivity index (χ2n) is 5.87. The summed E-state index contributed by atoms with van der Waals surface area (Å²) in [6, 6.07) is 9.11. The van der Waals surface area contributed by atoms with Crippen LogP contribution < -0.4 is 11.1 Å². The van der Waals surface area contributed by atoms with E-state index in [0.717, 1.165) is 25.9 Å². The predicted octanol–water partition coefficient (Wildman–Crippen LogP) is 0.715. The number of hydrogen-bond donors (Lipinski definition) is 2. The maximum absolute atomic E-state index is 12.0. The maximum atomic E-state index is 12.0. The Bertz CT molecular complexity index is 551. The third-order valence-corrected chi connectivity index (χ3v) is 4.01. The second-order valence-corrected chi connectivity index (χ2v) is 5.87. The molecule has 124 valence electrons. The summed E-state index contributed by atoms with van der Waals surface area (Å²) < 4.78 is 0. The molecule has 3 N–H and O–H groups in total. The molecule has 6 nitrogen and oxygen atoms in total. The molecule has 1 aromatic carbocycles. The zero-order chi connectivity index (χ0) is 16.7. The molecule has 1 aliphatic heterocycles. The second kappa shape index (κ2) is 8.43. The number of nitrogens with zero attached hydrogens (tertiary/aromatic N) is 1. The minimum absolute atomic E-state index is 0.0166. The molecule has 0 aromatic heterocycles. The number of benzene rings is 1. The van der Waals surface area contributed by atoms with Gasteiger partial charge in [0.05, 0.1) is 6.54 Å². The highest BCUT2D eigenvalue weighted by atomic mass is 16.2. The van der Waals surface area contributed by atoms with E-state index >= 15 is 0 Å². The van der Waals surface area contributed by atoms with Crippen LogP contribution in [0.25, 0.3) is 0 Å². The van der Waals surface area contributed by atoms with Crippen LogP contribution in [0.2, 0.25) is 0 Å². The summed E-state index contributed by atoms with van der Waals surface area (Å²) in [4.78, 5) is 36.8. The van der Waals surface area contributed by atoms with Gasteiger partial charge in [-0.25, -0.2) is 0 Å². The predicted molar refractivity (Wildman–Crippen MR) is 86.8 cm³/mol. The molecule has 1 saturated heterocycles. The van der Waals surface area contributed by atoms with Crippen LogP contribution >= 0.6 is 0 Å². The largest absolute Gasteiger partial charge is 0.369 e. The Kier molecular flexibility index (Phi) is 6.29. The monoisotopic (exact) mass is 317 g/mol. The first kappa shape index (κ1) is 17.1. The van der Waals surface area contributed by atoms with Crippen molar-refractivity contribution in [1.82, 2.24) is 10.2 Å². The summed E-state index contributed by atoms with van der Waals surface area (Å²) in [6.45, 7) is 1.76. The third-order valence-electron chi connectivity index (χ3n) is 4.01. The molecule has 23 heavy (non-hydrogen) atoms. The van der Waals surface area contributed by atoms with Gasteiger partial charge in [-0.3, -0.25) is 19.3 Å². The quantitative estimate of drug-likeness (QED) is 0.725. The fourth-order valence-electron chi connectivity index (χ4n) is 2.75. The molecule has 0 unspecified atom stereocenters. The van der Waals surface area contributed by atoms with Crippen molar-refractivity contribution in [1.29, 1.82) is 0 Å². The van der Waals surface area contributed by atoms with Gasteiger partial charge in [-0.2, -0.15) is 0 Å². The van der Waals surface area contributed by atoms with Crippen molar-refractivity contribution < 1.29 is 14.4 Å². The van der Waals surface area contributed by atoms with Gasteiger partial charge in [0.1, 0.15) is 0 Å². The molecule has 0 radical (unpaired) electrons. The number of ketones is 1. The number of hydrogen-bond acceptors (Lipinski definition) is 4. The van der Waals surface area contributed by atoms with Crippen LogP contribution in [-0.2, 0) is 9.59 Å². The molecule has 1 aromatic rings. The van der Waals surface area contributed by atoms with Crippen molar-refractivity contribution in [3.05, 3.63) is 35.9 Å². The standard InChI is InChI=1S/C17H23N3O3/c18-16(22)12-20-10-8-14(9-11-20)19-17(23)7-6-15(21)13-4-2-1-3-5-13/h1-5,14H,6-12H2,(H2,18,22)(H,19,23). The Morgan fingerprint density at radius 3 is 2.35 bits per heavy atom. The van der Waals surface area contributed by atoms with Crippen molar-refractivity contribution >= 4 is 17.6 Å². The molecule has 1 fully saturated rings. The first-order valence-corrected chi connectivity index (χ1v) is 7.93. The number of primary amides is 1. The number of carbonyl (C=O) groups excluding carboxylic acids is 3. The van der Waals surface area contributed by atoms with Gasteiger partial charge in [0.25, 0.3) is 0 Å². The van der Waals surface area contributed by atoms with Gasteiger partial charge in [0.15, 0.2) is 5.78 Å². The van der Waals surface area contributed by atoms with E-state index < -0.39 is 0 Å². The number of amides is 2. The zero-order valence-electron chi connectivity index (χ0n) is 13.2. The van der Waals surface area contributed by atoms with E-state index in [1.807, 2.05) is 23.1 Å². The first-order valence-electron chi connectivity index (χ1n) is 7.93. The molecule has 0 bridgehead atoms. The summed E-state index contributed by atoms with van der Waals surface area (Å²) in [5, 5.41) is 2.97. The Labute approximate surface area is 136 Å². The molecule has 0 atom stereocenters. The summed E-state index contributed by atoms with van der Waals surface area (Å²) in [5.74, 6) is -0.438. The fraction of sp³-hybridized carbons (Fsp3) is 0.471. The van der Waals surface area contributed by atoms with Crippen LogP contribution in [0, 0.1) is 0 Å². The van der Waals surface area contributed by atoms with Crippen molar-refractivity contribution in [2.75, 3.05) is 19.6 Å². The highest BCUT2D eigenvalue weighted by molar-refractivity contribution is 5.97. The lowest BCUT2D eigenvalue weighted by atomic mass is 10.0. The van der Waals surface area contributed by atoms with Gasteiger partial charge in [-0.05, 0) is 12.8 Å². The van der Waals surface area contributed by atoms with Gasteiger partial charge in [0.2, 0.25) is 11.8 Å². The van der Waals surface area contributed by atoms with Gasteiger partial charge >= 0.3 is 0 Å². The van der Waals surface area contributed by atoms with Crippen LogP contribution in [0.4, 0.5) is 0 Å². The molecule has 1 heterocycles. The molecule has 6 heteroatoms. The highest BCUT2D eigenvalue weighted by Crippen LogP contribution is 2.11. The number of Topliss-reactive ketones (excluding diaryl/α,β-unsaturated/α-hetero) is 1. The first-order chi connectivity index (χ1) is 11.0. The van der Waals surface area contributed by atoms with E-state index in [1.54, 1.807) is 12.1 Å².